The van der Waals surface area contributed by atoms with Crippen molar-refractivity contribution >= 4 is 17.7 Å². The molecule has 2 aromatic rings. The maximum absolute atomic E-state index is 12.9. The van der Waals surface area contributed by atoms with Gasteiger partial charge in [-0.25, -0.2) is 4.98 Å². The van der Waals surface area contributed by atoms with Gasteiger partial charge in [0, 0.05) is 25.6 Å². The summed E-state index contributed by atoms with van der Waals surface area (Å²) in [7, 11) is 1.41. The number of ketones is 1. The Hall–Kier alpha value is -3.62. The lowest BCUT2D eigenvalue weighted by Gasteiger charge is -2.23. The van der Waals surface area contributed by atoms with E-state index in [1.807, 2.05) is 30.3 Å². The third kappa shape index (κ3) is 7.78. The van der Waals surface area contributed by atoms with E-state index in [0.717, 1.165) is 0 Å². The minimum Gasteiger partial charge on any atom is -0.493 e. The van der Waals surface area contributed by atoms with E-state index < -0.39 is 36.5 Å². The number of esters is 2. The molecule has 0 bridgehead atoms. The quantitative estimate of drug-likeness (QED) is 0.267. The standard InChI is InChI=1S/C24H29NO8/c1-15(24(28)33-17(3)16(2)32-19-9-7-6-8-10-19)13-20(27)22-23(31-14-30-18(4)26)21(29-5)11-12-25-22/h6-12,15-17H,13-14H2,1-5H3/t15-,16+,17+/m1/s1. The Labute approximate surface area is 193 Å². The summed E-state index contributed by atoms with van der Waals surface area (Å²) in [5, 5.41) is 0. The lowest BCUT2D eigenvalue weighted by molar-refractivity contribution is -0.156. The van der Waals surface area contributed by atoms with E-state index in [2.05, 4.69) is 4.98 Å². The monoisotopic (exact) mass is 459 g/mol. The number of carbonyl (C=O) groups excluding carboxylic acids is 3. The molecular formula is C24H29NO8. The van der Waals surface area contributed by atoms with Crippen LogP contribution in [0.2, 0.25) is 0 Å². The molecule has 0 aliphatic heterocycles. The second-order valence-corrected chi connectivity index (χ2v) is 7.40. The van der Waals surface area contributed by atoms with Gasteiger partial charge in [0.2, 0.25) is 6.79 Å². The van der Waals surface area contributed by atoms with Gasteiger partial charge in [-0.3, -0.25) is 14.4 Å². The van der Waals surface area contributed by atoms with Crippen LogP contribution in [0.5, 0.6) is 17.2 Å². The fraction of sp³-hybridized carbons (Fsp3) is 0.417. The first-order valence-corrected chi connectivity index (χ1v) is 10.5. The number of ether oxygens (including phenoxy) is 5. The normalized spacial score (nSPS) is 13.2. The van der Waals surface area contributed by atoms with Crippen LogP contribution in [0.4, 0.5) is 0 Å². The Balaban J connectivity index is 1.99. The van der Waals surface area contributed by atoms with Crippen molar-refractivity contribution in [3.8, 4) is 17.2 Å². The molecule has 0 spiro atoms. The molecule has 178 valence electrons. The number of aromatic nitrogens is 1. The minimum atomic E-state index is -0.738. The number of Topliss-reactive ketones (excluding diaryl/α,β-unsaturated/α-hetero) is 1. The Kier molecular flexibility index (Phi) is 9.65. The predicted molar refractivity (Wildman–Crippen MR) is 118 cm³/mol. The van der Waals surface area contributed by atoms with Crippen molar-refractivity contribution in [2.45, 2.75) is 46.3 Å². The molecule has 0 saturated heterocycles. The number of pyridine rings is 1. The highest BCUT2D eigenvalue weighted by molar-refractivity contribution is 5.99. The third-order valence-corrected chi connectivity index (χ3v) is 4.74. The van der Waals surface area contributed by atoms with E-state index in [1.165, 1.54) is 26.3 Å². The molecule has 1 heterocycles. The van der Waals surface area contributed by atoms with Crippen molar-refractivity contribution in [1.82, 2.24) is 4.98 Å². The van der Waals surface area contributed by atoms with Gasteiger partial charge in [-0.15, -0.1) is 0 Å². The van der Waals surface area contributed by atoms with Gasteiger partial charge in [0.15, 0.2) is 23.0 Å². The summed E-state index contributed by atoms with van der Waals surface area (Å²) in [5.74, 6) is -1.32. The van der Waals surface area contributed by atoms with Crippen molar-refractivity contribution in [1.29, 1.82) is 0 Å². The van der Waals surface area contributed by atoms with E-state index >= 15 is 0 Å². The van der Waals surface area contributed by atoms with Gasteiger partial charge in [0.1, 0.15) is 18.0 Å². The van der Waals surface area contributed by atoms with Crippen molar-refractivity contribution in [2.24, 2.45) is 5.92 Å². The van der Waals surface area contributed by atoms with Crippen LogP contribution in [0.25, 0.3) is 0 Å². The summed E-state index contributed by atoms with van der Waals surface area (Å²) < 4.78 is 26.7. The van der Waals surface area contributed by atoms with Crippen molar-refractivity contribution in [3.05, 3.63) is 48.3 Å². The number of para-hydroxylation sites is 1. The van der Waals surface area contributed by atoms with Crippen LogP contribution in [-0.2, 0) is 19.1 Å². The molecule has 0 fully saturated rings. The first-order chi connectivity index (χ1) is 15.7. The highest BCUT2D eigenvalue weighted by Crippen LogP contribution is 2.31. The number of methoxy groups -OCH3 is 1. The molecule has 9 heteroatoms. The van der Waals surface area contributed by atoms with Gasteiger partial charge in [-0.05, 0) is 26.0 Å². The lowest BCUT2D eigenvalue weighted by Crippen LogP contribution is -2.33. The molecule has 2 rings (SSSR count). The highest BCUT2D eigenvalue weighted by atomic mass is 16.7. The summed E-state index contributed by atoms with van der Waals surface area (Å²) in [5.41, 5.74) is -0.0324. The molecule has 1 aromatic heterocycles. The smallest absolute Gasteiger partial charge is 0.309 e. The molecule has 0 radical (unpaired) electrons. The molecule has 0 N–H and O–H groups in total. The van der Waals surface area contributed by atoms with Crippen molar-refractivity contribution < 1.29 is 38.1 Å². The zero-order valence-electron chi connectivity index (χ0n) is 19.4. The zero-order chi connectivity index (χ0) is 24.4. The largest absolute Gasteiger partial charge is 0.493 e. The second-order valence-electron chi connectivity index (χ2n) is 7.40. The van der Waals surface area contributed by atoms with Crippen LogP contribution in [0.15, 0.2) is 42.6 Å². The summed E-state index contributed by atoms with van der Waals surface area (Å²) in [6.07, 6.45) is 0.301. The van der Waals surface area contributed by atoms with Crippen LogP contribution in [0.3, 0.4) is 0 Å². The minimum absolute atomic E-state index is 0.0324. The number of benzene rings is 1. The topological polar surface area (TPSA) is 110 Å². The van der Waals surface area contributed by atoms with Gasteiger partial charge in [-0.1, -0.05) is 25.1 Å². The number of hydrogen-bond donors (Lipinski definition) is 0. The summed E-state index contributed by atoms with van der Waals surface area (Å²) in [6.45, 7) is 5.94. The van der Waals surface area contributed by atoms with Crippen LogP contribution in [0, 0.1) is 5.92 Å². The van der Waals surface area contributed by atoms with Gasteiger partial charge in [-0.2, -0.15) is 0 Å². The van der Waals surface area contributed by atoms with Gasteiger partial charge in [0.05, 0.1) is 13.0 Å². The number of rotatable bonds is 12. The maximum atomic E-state index is 12.9. The van der Waals surface area contributed by atoms with E-state index in [9.17, 15) is 14.4 Å². The predicted octanol–water partition coefficient (Wildman–Crippen LogP) is 3.60. The zero-order valence-corrected chi connectivity index (χ0v) is 19.4. The van der Waals surface area contributed by atoms with Crippen molar-refractivity contribution in [2.75, 3.05) is 13.9 Å². The first kappa shape index (κ1) is 25.6. The van der Waals surface area contributed by atoms with E-state index in [-0.39, 0.29) is 29.7 Å². The fourth-order valence-corrected chi connectivity index (χ4v) is 2.76. The summed E-state index contributed by atoms with van der Waals surface area (Å²) >= 11 is 0. The molecule has 1 aromatic carbocycles. The van der Waals surface area contributed by atoms with Crippen LogP contribution >= 0.6 is 0 Å². The van der Waals surface area contributed by atoms with Crippen molar-refractivity contribution in [3.63, 3.8) is 0 Å². The highest BCUT2D eigenvalue weighted by Gasteiger charge is 2.27. The lowest BCUT2D eigenvalue weighted by atomic mass is 10.0. The molecule has 0 aliphatic rings. The Morgan fingerprint density at radius 3 is 2.33 bits per heavy atom. The maximum Gasteiger partial charge on any atom is 0.309 e. The number of carbonyl (C=O) groups is 3. The number of hydrogen-bond acceptors (Lipinski definition) is 9. The van der Waals surface area contributed by atoms with Crippen LogP contribution < -0.4 is 14.2 Å². The van der Waals surface area contributed by atoms with E-state index in [1.54, 1.807) is 20.8 Å². The molecule has 0 unspecified atom stereocenters. The Bertz CT molecular complexity index is 947. The second kappa shape index (κ2) is 12.4. The Morgan fingerprint density at radius 2 is 1.70 bits per heavy atom. The summed E-state index contributed by atoms with van der Waals surface area (Å²) in [6, 6.07) is 10.7. The third-order valence-electron chi connectivity index (χ3n) is 4.74. The molecule has 0 amide bonds. The van der Waals surface area contributed by atoms with Gasteiger partial charge in [0.25, 0.3) is 0 Å². The SMILES string of the molecule is COc1ccnc(C(=O)C[C@@H](C)C(=O)O[C@@H](C)[C@H](C)Oc2ccccc2)c1OCOC(C)=O. The van der Waals surface area contributed by atoms with Crippen LogP contribution in [0.1, 0.15) is 44.6 Å². The molecule has 0 saturated carbocycles. The molecule has 9 nitrogen and oxygen atoms in total. The molecule has 33 heavy (non-hydrogen) atoms. The molecule has 0 aliphatic carbocycles. The molecular weight excluding hydrogens is 430 g/mol. The van der Waals surface area contributed by atoms with E-state index in [4.69, 9.17) is 23.7 Å². The van der Waals surface area contributed by atoms with Gasteiger partial charge >= 0.3 is 11.9 Å². The van der Waals surface area contributed by atoms with E-state index in [0.29, 0.717) is 5.75 Å². The average molecular weight is 459 g/mol. The summed E-state index contributed by atoms with van der Waals surface area (Å²) in [4.78, 5) is 40.5. The fourth-order valence-electron chi connectivity index (χ4n) is 2.76. The average Bonchev–Trinajstić information content (AvgIpc) is 2.79. The van der Waals surface area contributed by atoms with Crippen LogP contribution in [-0.4, -0.2) is 48.8 Å². The first-order valence-electron chi connectivity index (χ1n) is 10.5. The molecule has 3 atom stereocenters. The van der Waals surface area contributed by atoms with Gasteiger partial charge < -0.3 is 23.7 Å². The Morgan fingerprint density at radius 1 is 1.00 bits per heavy atom. The number of nitrogens with zero attached hydrogens (tertiary/aromatic N) is 1.